The molecule has 7 nitrogen and oxygen atoms in total. The largest absolute Gasteiger partial charge is 0.496 e. The Kier molecular flexibility index (Phi) is 7.70. The minimum absolute atomic E-state index is 0.205. The zero-order chi connectivity index (χ0) is 25.7. The first kappa shape index (κ1) is 25.4. The van der Waals surface area contributed by atoms with Gasteiger partial charge in [0.05, 0.1) is 7.11 Å². The molecule has 1 atom stereocenters. The van der Waals surface area contributed by atoms with Gasteiger partial charge < -0.3 is 19.5 Å². The van der Waals surface area contributed by atoms with Gasteiger partial charge in [-0.1, -0.05) is 47.7 Å². The average Bonchev–Trinajstić information content (AvgIpc) is 3.31. The number of hydrogen-bond acceptors (Lipinski definition) is 6. The Balaban J connectivity index is 1.61. The predicted molar refractivity (Wildman–Crippen MR) is 142 cm³/mol. The van der Waals surface area contributed by atoms with Gasteiger partial charge in [-0.2, -0.15) is 4.98 Å². The number of aryl methyl sites for hydroxylation is 3. The number of nitrogens with one attached hydrogen (secondary N) is 1. The monoisotopic (exact) mass is 486 g/mol. The van der Waals surface area contributed by atoms with Gasteiger partial charge in [-0.3, -0.25) is 4.79 Å². The van der Waals surface area contributed by atoms with Gasteiger partial charge in [0.25, 0.3) is 0 Å². The molecule has 0 saturated carbocycles. The molecule has 1 heterocycles. The van der Waals surface area contributed by atoms with Crippen molar-refractivity contribution in [3.05, 3.63) is 89.1 Å². The van der Waals surface area contributed by atoms with E-state index in [4.69, 9.17) is 9.26 Å². The van der Waals surface area contributed by atoms with Gasteiger partial charge in [0.15, 0.2) is 5.82 Å². The maximum atomic E-state index is 13.8. The highest BCUT2D eigenvalue weighted by Gasteiger charge is 2.43. The summed E-state index contributed by atoms with van der Waals surface area (Å²) in [5.74, 6) is 1.39. The lowest BCUT2D eigenvalue weighted by Crippen LogP contribution is -2.40. The summed E-state index contributed by atoms with van der Waals surface area (Å²) in [6.07, 6.45) is 8.22. The van der Waals surface area contributed by atoms with Crippen LogP contribution < -0.4 is 10.1 Å². The van der Waals surface area contributed by atoms with Crippen LogP contribution in [0, 0.1) is 13.8 Å². The molecular formula is C29H34N4O3. The maximum absolute atomic E-state index is 13.8. The zero-order valence-corrected chi connectivity index (χ0v) is 21.7. The van der Waals surface area contributed by atoms with Crippen molar-refractivity contribution in [2.75, 3.05) is 33.1 Å². The molecule has 1 aliphatic carbocycles. The van der Waals surface area contributed by atoms with Crippen molar-refractivity contribution in [3.8, 4) is 5.75 Å². The van der Waals surface area contributed by atoms with Crippen molar-refractivity contribution in [1.82, 2.24) is 15.0 Å². The number of hydrogen-bond donors (Lipinski definition) is 1. The van der Waals surface area contributed by atoms with Crippen LogP contribution in [-0.4, -0.2) is 48.7 Å². The van der Waals surface area contributed by atoms with Crippen LogP contribution in [0.4, 0.5) is 5.69 Å². The molecule has 0 saturated heterocycles. The normalized spacial score (nSPS) is 17.2. The fourth-order valence-corrected chi connectivity index (χ4v) is 4.53. The molecule has 4 rings (SSSR count). The Bertz CT molecular complexity index is 1290. The van der Waals surface area contributed by atoms with Crippen molar-refractivity contribution >= 4 is 17.2 Å². The number of carbonyl (C=O) groups is 1. The third kappa shape index (κ3) is 5.41. The van der Waals surface area contributed by atoms with Gasteiger partial charge in [0.2, 0.25) is 11.8 Å². The number of methoxy groups -OCH3 is 1. The van der Waals surface area contributed by atoms with Gasteiger partial charge in [-0.15, -0.1) is 0 Å². The molecule has 188 valence electrons. The summed E-state index contributed by atoms with van der Waals surface area (Å²) in [6.45, 7) is 4.79. The minimum Gasteiger partial charge on any atom is -0.496 e. The van der Waals surface area contributed by atoms with Crippen LogP contribution in [0.3, 0.4) is 0 Å². The zero-order valence-electron chi connectivity index (χ0n) is 21.7. The van der Waals surface area contributed by atoms with E-state index in [1.165, 1.54) is 5.56 Å². The van der Waals surface area contributed by atoms with E-state index in [1.807, 2.05) is 42.5 Å². The molecule has 1 amide bonds. The van der Waals surface area contributed by atoms with Crippen molar-refractivity contribution in [3.63, 3.8) is 0 Å². The Hall–Kier alpha value is -3.71. The fraction of sp³-hybridized carbons (Fsp3) is 0.345. The second kappa shape index (κ2) is 10.9. The standard InChI is InChI=1S/C29H34N4O3/c1-20-9-6-7-11-25(20)22-14-16-29(17-15-22,27-30-21(2)36-32-27)28(34)31-24-12-13-26(35-5)23(19-24)10-8-18-33(3)4/h6-7,9,11-16,19H,8,10,17-18H2,1-5H3,(H,31,34). The average molecular weight is 487 g/mol. The number of benzene rings is 2. The molecule has 3 aromatic rings. The van der Waals surface area contributed by atoms with Gasteiger partial charge >= 0.3 is 0 Å². The highest BCUT2D eigenvalue weighted by molar-refractivity contribution is 6.01. The van der Waals surface area contributed by atoms with Crippen LogP contribution >= 0.6 is 0 Å². The lowest BCUT2D eigenvalue weighted by molar-refractivity contribution is -0.120. The molecule has 0 spiro atoms. The van der Waals surface area contributed by atoms with Crippen molar-refractivity contribution in [1.29, 1.82) is 0 Å². The first-order valence-corrected chi connectivity index (χ1v) is 12.2. The second-order valence-electron chi connectivity index (χ2n) is 9.51. The molecule has 0 radical (unpaired) electrons. The summed E-state index contributed by atoms with van der Waals surface area (Å²) in [7, 11) is 5.79. The number of aromatic nitrogens is 2. The Labute approximate surface area is 212 Å². The number of ether oxygens (including phenoxy) is 1. The Morgan fingerprint density at radius 3 is 2.64 bits per heavy atom. The van der Waals surface area contributed by atoms with Crippen LogP contribution in [0.2, 0.25) is 0 Å². The van der Waals surface area contributed by atoms with E-state index in [0.717, 1.165) is 41.8 Å². The molecule has 1 unspecified atom stereocenters. The molecule has 1 N–H and O–H groups in total. The fourth-order valence-electron chi connectivity index (χ4n) is 4.53. The second-order valence-corrected chi connectivity index (χ2v) is 9.51. The highest BCUT2D eigenvalue weighted by atomic mass is 16.5. The lowest BCUT2D eigenvalue weighted by Gasteiger charge is -2.28. The topological polar surface area (TPSA) is 80.5 Å². The number of carbonyl (C=O) groups excluding carboxylic acids is 1. The van der Waals surface area contributed by atoms with E-state index < -0.39 is 5.41 Å². The summed E-state index contributed by atoms with van der Waals surface area (Å²) in [6, 6.07) is 14.0. The highest BCUT2D eigenvalue weighted by Crippen LogP contribution is 2.37. The van der Waals surface area contributed by atoms with E-state index in [1.54, 1.807) is 14.0 Å². The summed E-state index contributed by atoms with van der Waals surface area (Å²) >= 11 is 0. The van der Waals surface area contributed by atoms with E-state index in [9.17, 15) is 4.79 Å². The molecule has 0 aliphatic heterocycles. The van der Waals surface area contributed by atoms with Gasteiger partial charge in [0, 0.05) is 12.6 Å². The summed E-state index contributed by atoms with van der Waals surface area (Å²) < 4.78 is 10.8. The lowest BCUT2D eigenvalue weighted by atomic mass is 9.77. The van der Waals surface area contributed by atoms with Crippen LogP contribution in [0.25, 0.3) is 5.57 Å². The third-order valence-electron chi connectivity index (χ3n) is 6.57. The Morgan fingerprint density at radius 1 is 1.19 bits per heavy atom. The predicted octanol–water partition coefficient (Wildman–Crippen LogP) is 5.11. The van der Waals surface area contributed by atoms with Crippen molar-refractivity contribution in [2.45, 2.75) is 38.5 Å². The summed E-state index contributed by atoms with van der Waals surface area (Å²) in [5, 5.41) is 7.25. The molecule has 36 heavy (non-hydrogen) atoms. The van der Waals surface area contributed by atoms with E-state index in [0.29, 0.717) is 23.8 Å². The van der Waals surface area contributed by atoms with E-state index >= 15 is 0 Å². The minimum atomic E-state index is -1.07. The summed E-state index contributed by atoms with van der Waals surface area (Å²) in [5.41, 5.74) is 4.09. The van der Waals surface area contributed by atoms with Crippen LogP contribution in [0.5, 0.6) is 5.75 Å². The number of rotatable bonds is 9. The van der Waals surface area contributed by atoms with Crippen molar-refractivity contribution in [2.24, 2.45) is 0 Å². The quantitative estimate of drug-likeness (QED) is 0.453. The molecule has 0 fully saturated rings. The SMILES string of the molecule is COc1ccc(NC(=O)C2(c3noc(C)n3)C=CC(c3ccccc3C)=CC2)cc1CCCN(C)C. The van der Waals surface area contributed by atoms with Gasteiger partial charge in [-0.25, -0.2) is 0 Å². The van der Waals surface area contributed by atoms with Crippen molar-refractivity contribution < 1.29 is 14.1 Å². The molecule has 1 aliphatic rings. The molecular weight excluding hydrogens is 452 g/mol. The van der Waals surface area contributed by atoms with Gasteiger partial charge in [-0.05, 0) is 87.3 Å². The molecule has 0 bridgehead atoms. The number of anilines is 1. The molecule has 1 aromatic heterocycles. The Morgan fingerprint density at radius 2 is 2.00 bits per heavy atom. The third-order valence-corrected chi connectivity index (χ3v) is 6.57. The first-order valence-electron chi connectivity index (χ1n) is 12.2. The van der Waals surface area contributed by atoms with Gasteiger partial charge in [0.1, 0.15) is 11.2 Å². The maximum Gasteiger partial charge on any atom is 0.242 e. The number of allylic oxidation sites excluding steroid dienone is 3. The smallest absolute Gasteiger partial charge is 0.242 e. The van der Waals surface area contributed by atoms with E-state index in [2.05, 4.69) is 59.6 Å². The number of amides is 1. The van der Waals surface area contributed by atoms with Crippen LogP contribution in [0.1, 0.15) is 41.2 Å². The van der Waals surface area contributed by atoms with Crippen LogP contribution in [0.15, 0.2) is 65.2 Å². The molecule has 7 heteroatoms. The first-order chi connectivity index (χ1) is 17.3. The van der Waals surface area contributed by atoms with E-state index in [-0.39, 0.29) is 5.91 Å². The number of nitrogens with zero attached hydrogens (tertiary/aromatic N) is 3. The molecule has 2 aromatic carbocycles. The summed E-state index contributed by atoms with van der Waals surface area (Å²) in [4.78, 5) is 20.4. The van der Waals surface area contributed by atoms with Crippen LogP contribution in [-0.2, 0) is 16.6 Å².